The lowest BCUT2D eigenvalue weighted by atomic mass is 9.83. The maximum atomic E-state index is 6.57. The minimum absolute atomic E-state index is 0.218. The normalized spacial score (nSPS) is 22.9. The Morgan fingerprint density at radius 1 is 1.40 bits per heavy atom. The van der Waals surface area contributed by atoms with Crippen LogP contribution >= 0.6 is 11.6 Å². The summed E-state index contributed by atoms with van der Waals surface area (Å²) in [6.45, 7) is 10.9. The van der Waals surface area contributed by atoms with Crippen molar-refractivity contribution >= 4 is 11.6 Å². The summed E-state index contributed by atoms with van der Waals surface area (Å²) < 4.78 is 2.10. The molecule has 1 aromatic heterocycles. The molecule has 0 bridgehead atoms. The summed E-state index contributed by atoms with van der Waals surface area (Å²) in [6, 6.07) is 0. The van der Waals surface area contributed by atoms with Crippen LogP contribution in [0.4, 0.5) is 0 Å². The number of nitrogens with one attached hydrogen (secondary N) is 1. The zero-order valence-electron chi connectivity index (χ0n) is 13.3. The molecule has 0 aliphatic carbocycles. The van der Waals surface area contributed by atoms with Gasteiger partial charge in [0, 0.05) is 18.5 Å². The predicted octanol–water partition coefficient (Wildman–Crippen LogP) is 3.83. The van der Waals surface area contributed by atoms with Gasteiger partial charge in [0.05, 0.1) is 16.4 Å². The third-order valence-corrected chi connectivity index (χ3v) is 4.77. The van der Waals surface area contributed by atoms with Gasteiger partial charge in [0.15, 0.2) is 0 Å². The Hall–Kier alpha value is -0.540. The molecule has 4 heteroatoms. The van der Waals surface area contributed by atoms with Crippen molar-refractivity contribution < 1.29 is 0 Å². The quantitative estimate of drug-likeness (QED) is 0.865. The summed E-state index contributed by atoms with van der Waals surface area (Å²) in [5, 5.41) is 9.31. The predicted molar refractivity (Wildman–Crippen MR) is 85.4 cm³/mol. The van der Waals surface area contributed by atoms with Gasteiger partial charge in [-0.3, -0.25) is 4.68 Å². The van der Waals surface area contributed by atoms with Gasteiger partial charge < -0.3 is 5.32 Å². The Balaban J connectivity index is 2.28. The molecule has 1 N–H and O–H groups in total. The second-order valence-electron chi connectivity index (χ2n) is 6.46. The Morgan fingerprint density at radius 2 is 2.15 bits per heavy atom. The van der Waals surface area contributed by atoms with Crippen molar-refractivity contribution in [3.05, 3.63) is 16.4 Å². The van der Waals surface area contributed by atoms with Gasteiger partial charge >= 0.3 is 0 Å². The lowest BCUT2D eigenvalue weighted by molar-refractivity contribution is 0.295. The van der Waals surface area contributed by atoms with Crippen LogP contribution in [0.25, 0.3) is 0 Å². The van der Waals surface area contributed by atoms with Crippen LogP contribution in [0.5, 0.6) is 0 Å². The summed E-state index contributed by atoms with van der Waals surface area (Å²) in [5.74, 6) is 0.697. The molecule has 2 rings (SSSR count). The lowest BCUT2D eigenvalue weighted by Gasteiger charge is -2.32. The molecule has 0 saturated carbocycles. The number of aromatic nitrogens is 2. The topological polar surface area (TPSA) is 29.9 Å². The van der Waals surface area contributed by atoms with Gasteiger partial charge in [0.25, 0.3) is 0 Å². The van der Waals surface area contributed by atoms with E-state index in [1.54, 1.807) is 0 Å². The zero-order valence-corrected chi connectivity index (χ0v) is 14.1. The highest BCUT2D eigenvalue weighted by atomic mass is 35.5. The van der Waals surface area contributed by atoms with Gasteiger partial charge in [0.2, 0.25) is 0 Å². The summed E-state index contributed by atoms with van der Waals surface area (Å²) >= 11 is 6.57. The third-order valence-electron chi connectivity index (χ3n) is 4.33. The number of rotatable bonds is 6. The first-order chi connectivity index (χ1) is 9.51. The highest BCUT2D eigenvalue weighted by Gasteiger charge is 2.36. The van der Waals surface area contributed by atoms with Gasteiger partial charge in [-0.05, 0) is 45.1 Å². The minimum atomic E-state index is 0.218. The van der Waals surface area contributed by atoms with E-state index in [4.69, 9.17) is 11.6 Å². The van der Waals surface area contributed by atoms with Gasteiger partial charge in [-0.15, -0.1) is 0 Å². The first-order valence-corrected chi connectivity index (χ1v) is 8.38. The van der Waals surface area contributed by atoms with Gasteiger partial charge in [-0.2, -0.15) is 5.10 Å². The third kappa shape index (κ3) is 3.20. The average Bonchev–Trinajstić information content (AvgIpc) is 2.96. The Morgan fingerprint density at radius 3 is 2.65 bits per heavy atom. The Labute approximate surface area is 128 Å². The molecule has 1 fully saturated rings. The molecule has 0 amide bonds. The second-order valence-corrected chi connectivity index (χ2v) is 6.84. The molecule has 114 valence electrons. The molecule has 1 unspecified atom stereocenters. The molecule has 20 heavy (non-hydrogen) atoms. The number of nitrogens with zero attached hydrogens (tertiary/aromatic N) is 2. The minimum Gasteiger partial charge on any atom is -0.311 e. The molecule has 0 spiro atoms. The number of aryl methyl sites for hydroxylation is 2. The van der Waals surface area contributed by atoms with E-state index >= 15 is 0 Å². The van der Waals surface area contributed by atoms with Crippen molar-refractivity contribution in [3.63, 3.8) is 0 Å². The van der Waals surface area contributed by atoms with Crippen molar-refractivity contribution in [2.45, 2.75) is 71.9 Å². The van der Waals surface area contributed by atoms with Crippen LogP contribution in [0.15, 0.2) is 0 Å². The molecule has 1 saturated heterocycles. The standard InChI is InChI=1S/C16H28ClN3/c1-5-13-15(17)14(20(6-2)19-13)11-16(10-12(3)4)8-7-9-18-16/h12,18H,5-11H2,1-4H3. The van der Waals surface area contributed by atoms with Gasteiger partial charge in [0.1, 0.15) is 0 Å². The van der Waals surface area contributed by atoms with Crippen molar-refractivity contribution in [2.24, 2.45) is 5.92 Å². The first kappa shape index (κ1) is 15.8. The van der Waals surface area contributed by atoms with Crippen LogP contribution in [0.2, 0.25) is 5.02 Å². The fraction of sp³-hybridized carbons (Fsp3) is 0.812. The van der Waals surface area contributed by atoms with E-state index in [-0.39, 0.29) is 5.54 Å². The smallest absolute Gasteiger partial charge is 0.0850 e. The van der Waals surface area contributed by atoms with E-state index < -0.39 is 0 Å². The maximum absolute atomic E-state index is 6.57. The number of hydrogen-bond acceptors (Lipinski definition) is 2. The summed E-state index contributed by atoms with van der Waals surface area (Å²) in [6.07, 6.45) is 5.64. The van der Waals surface area contributed by atoms with E-state index in [0.29, 0.717) is 5.92 Å². The zero-order chi connectivity index (χ0) is 14.8. The molecule has 0 radical (unpaired) electrons. The van der Waals surface area contributed by atoms with Gasteiger partial charge in [-0.25, -0.2) is 0 Å². The average molecular weight is 298 g/mol. The Bertz CT molecular complexity index is 445. The van der Waals surface area contributed by atoms with Crippen LogP contribution in [0.1, 0.15) is 58.3 Å². The van der Waals surface area contributed by atoms with E-state index in [1.165, 1.54) is 25.0 Å². The second kappa shape index (κ2) is 6.48. The molecule has 2 heterocycles. The van der Waals surface area contributed by atoms with Crippen LogP contribution in [-0.4, -0.2) is 21.9 Å². The van der Waals surface area contributed by atoms with E-state index in [0.717, 1.165) is 36.6 Å². The summed E-state index contributed by atoms with van der Waals surface area (Å²) in [7, 11) is 0. The largest absolute Gasteiger partial charge is 0.311 e. The molecular formula is C16H28ClN3. The molecule has 3 nitrogen and oxygen atoms in total. The molecule has 1 aromatic rings. The monoisotopic (exact) mass is 297 g/mol. The number of hydrogen-bond donors (Lipinski definition) is 1. The summed E-state index contributed by atoms with van der Waals surface area (Å²) in [5.41, 5.74) is 2.48. The van der Waals surface area contributed by atoms with Gasteiger partial charge in [-0.1, -0.05) is 32.4 Å². The van der Waals surface area contributed by atoms with Crippen LogP contribution in [0.3, 0.4) is 0 Å². The molecule has 1 aliphatic heterocycles. The van der Waals surface area contributed by atoms with Crippen LogP contribution in [0, 0.1) is 5.92 Å². The van der Waals surface area contributed by atoms with Crippen LogP contribution in [-0.2, 0) is 19.4 Å². The fourth-order valence-electron chi connectivity index (χ4n) is 3.55. The van der Waals surface area contributed by atoms with Crippen molar-refractivity contribution in [3.8, 4) is 0 Å². The fourth-order valence-corrected chi connectivity index (χ4v) is 3.89. The maximum Gasteiger partial charge on any atom is 0.0850 e. The molecule has 1 atom stereocenters. The first-order valence-electron chi connectivity index (χ1n) is 8.00. The van der Waals surface area contributed by atoms with Crippen molar-refractivity contribution in [2.75, 3.05) is 6.54 Å². The van der Waals surface area contributed by atoms with Crippen molar-refractivity contribution in [1.82, 2.24) is 15.1 Å². The SMILES string of the molecule is CCc1nn(CC)c(CC2(CC(C)C)CCCN2)c1Cl. The van der Waals surface area contributed by atoms with E-state index in [2.05, 4.69) is 42.8 Å². The molecule has 1 aliphatic rings. The summed E-state index contributed by atoms with van der Waals surface area (Å²) in [4.78, 5) is 0. The number of halogens is 1. The Kier molecular flexibility index (Phi) is 5.14. The molecular weight excluding hydrogens is 270 g/mol. The highest BCUT2D eigenvalue weighted by Crippen LogP contribution is 2.33. The van der Waals surface area contributed by atoms with Crippen molar-refractivity contribution in [1.29, 1.82) is 0 Å². The van der Waals surface area contributed by atoms with E-state index in [1.807, 2.05) is 0 Å². The lowest BCUT2D eigenvalue weighted by Crippen LogP contribution is -2.43. The van der Waals surface area contributed by atoms with E-state index in [9.17, 15) is 0 Å². The molecule has 0 aromatic carbocycles. The highest BCUT2D eigenvalue weighted by molar-refractivity contribution is 6.31. The van der Waals surface area contributed by atoms with Crippen LogP contribution < -0.4 is 5.32 Å².